The summed E-state index contributed by atoms with van der Waals surface area (Å²) < 4.78 is 0. The van der Waals surface area contributed by atoms with Crippen LogP contribution < -0.4 is 5.32 Å². The van der Waals surface area contributed by atoms with Gasteiger partial charge in [0.25, 0.3) is 0 Å². The Balaban J connectivity index is 1.44. The van der Waals surface area contributed by atoms with E-state index < -0.39 is 0 Å². The summed E-state index contributed by atoms with van der Waals surface area (Å²) in [4.78, 5) is 17.4. The third-order valence-electron chi connectivity index (χ3n) is 5.70. The molecule has 1 N–H and O–H groups in total. The van der Waals surface area contributed by atoms with Crippen LogP contribution in [-0.2, 0) is 11.2 Å². The van der Waals surface area contributed by atoms with E-state index in [9.17, 15) is 4.79 Å². The number of rotatable bonds is 6. The number of carbonyl (C=O) groups excluding carboxylic acids is 1. The van der Waals surface area contributed by atoms with Crippen molar-refractivity contribution in [2.24, 2.45) is 0 Å². The first-order chi connectivity index (χ1) is 12.1. The lowest BCUT2D eigenvalue weighted by atomic mass is 10.0. The largest absolute Gasteiger partial charge is 0.352 e. The van der Waals surface area contributed by atoms with Gasteiger partial charge in [-0.05, 0) is 76.7 Å². The summed E-state index contributed by atoms with van der Waals surface area (Å²) in [6.07, 6.45) is 6.09. The Kier molecular flexibility index (Phi) is 6.49. The molecule has 4 heteroatoms. The van der Waals surface area contributed by atoms with Crippen molar-refractivity contribution in [3.63, 3.8) is 0 Å². The van der Waals surface area contributed by atoms with E-state index in [2.05, 4.69) is 53.2 Å². The van der Waals surface area contributed by atoms with Crippen LogP contribution in [0, 0.1) is 6.92 Å². The van der Waals surface area contributed by atoms with Crippen molar-refractivity contribution in [1.82, 2.24) is 15.1 Å². The van der Waals surface area contributed by atoms with Crippen LogP contribution >= 0.6 is 0 Å². The molecule has 0 radical (unpaired) electrons. The van der Waals surface area contributed by atoms with Gasteiger partial charge >= 0.3 is 0 Å². The molecule has 0 unspecified atom stereocenters. The van der Waals surface area contributed by atoms with Crippen LogP contribution in [-0.4, -0.2) is 60.5 Å². The zero-order valence-electron chi connectivity index (χ0n) is 15.8. The molecule has 2 saturated heterocycles. The zero-order valence-corrected chi connectivity index (χ0v) is 15.8. The van der Waals surface area contributed by atoms with Crippen molar-refractivity contribution >= 4 is 5.91 Å². The molecule has 25 heavy (non-hydrogen) atoms. The van der Waals surface area contributed by atoms with Gasteiger partial charge in [-0.3, -0.25) is 14.6 Å². The summed E-state index contributed by atoms with van der Waals surface area (Å²) in [5.41, 5.74) is 2.62. The number of piperidine rings is 1. The van der Waals surface area contributed by atoms with Crippen molar-refractivity contribution in [2.75, 3.05) is 32.7 Å². The second-order valence-electron chi connectivity index (χ2n) is 7.87. The molecular weight excluding hydrogens is 310 g/mol. The number of benzene rings is 1. The average molecular weight is 344 g/mol. The van der Waals surface area contributed by atoms with Gasteiger partial charge in [0, 0.05) is 18.6 Å². The minimum atomic E-state index is 0.170. The SMILES string of the molecule is Cc1ccccc1C[C@H](C)NC(=O)CN1CCC[C@@H](N2CCCC2)C1. The van der Waals surface area contributed by atoms with E-state index in [1.807, 2.05) is 0 Å². The van der Waals surface area contributed by atoms with Gasteiger partial charge in [0.05, 0.1) is 6.54 Å². The quantitative estimate of drug-likeness (QED) is 0.862. The number of aryl methyl sites for hydroxylation is 1. The third-order valence-corrected chi connectivity index (χ3v) is 5.70. The summed E-state index contributed by atoms with van der Waals surface area (Å²) in [5.74, 6) is 0.170. The molecule has 2 heterocycles. The Morgan fingerprint density at radius 2 is 1.96 bits per heavy atom. The summed E-state index contributed by atoms with van der Waals surface area (Å²) >= 11 is 0. The molecule has 0 spiro atoms. The van der Waals surface area contributed by atoms with Crippen molar-refractivity contribution in [3.05, 3.63) is 35.4 Å². The molecule has 3 rings (SSSR count). The number of nitrogens with zero attached hydrogens (tertiary/aromatic N) is 2. The Morgan fingerprint density at radius 3 is 2.72 bits per heavy atom. The zero-order chi connectivity index (χ0) is 17.6. The van der Waals surface area contributed by atoms with Crippen molar-refractivity contribution in [1.29, 1.82) is 0 Å². The number of hydrogen-bond donors (Lipinski definition) is 1. The van der Waals surface area contributed by atoms with Gasteiger partial charge < -0.3 is 5.32 Å². The molecule has 1 aromatic carbocycles. The maximum Gasteiger partial charge on any atom is 0.234 e. The summed E-state index contributed by atoms with van der Waals surface area (Å²) in [6, 6.07) is 9.26. The molecule has 1 aromatic rings. The van der Waals surface area contributed by atoms with Crippen molar-refractivity contribution in [2.45, 2.75) is 58.0 Å². The molecule has 0 saturated carbocycles. The standard InChI is InChI=1S/C21H33N3O/c1-17-8-3-4-9-19(17)14-18(2)22-21(25)16-23-11-7-10-20(15-23)24-12-5-6-13-24/h3-4,8-9,18,20H,5-7,10-16H2,1-2H3,(H,22,25)/t18-,20+/m0/s1. The molecule has 1 amide bonds. The predicted molar refractivity (Wildman–Crippen MR) is 103 cm³/mol. The maximum absolute atomic E-state index is 12.5. The summed E-state index contributed by atoms with van der Waals surface area (Å²) in [5, 5.41) is 3.19. The Hall–Kier alpha value is -1.39. The first kappa shape index (κ1) is 18.4. The lowest BCUT2D eigenvalue weighted by Gasteiger charge is -2.37. The molecule has 0 aliphatic carbocycles. The predicted octanol–water partition coefficient (Wildman–Crippen LogP) is 2.60. The third kappa shape index (κ3) is 5.29. The van der Waals surface area contributed by atoms with Crippen LogP contribution in [0.1, 0.15) is 43.7 Å². The molecule has 4 nitrogen and oxygen atoms in total. The van der Waals surface area contributed by atoms with Crippen LogP contribution in [0.15, 0.2) is 24.3 Å². The Labute approximate surface area is 152 Å². The van der Waals surface area contributed by atoms with Crippen LogP contribution in [0.25, 0.3) is 0 Å². The van der Waals surface area contributed by atoms with E-state index in [-0.39, 0.29) is 11.9 Å². The fourth-order valence-electron chi connectivity index (χ4n) is 4.32. The minimum Gasteiger partial charge on any atom is -0.352 e. The van der Waals surface area contributed by atoms with E-state index in [0.29, 0.717) is 12.6 Å². The Morgan fingerprint density at radius 1 is 1.20 bits per heavy atom. The van der Waals surface area contributed by atoms with E-state index >= 15 is 0 Å². The first-order valence-corrected chi connectivity index (χ1v) is 9.92. The van der Waals surface area contributed by atoms with Crippen LogP contribution in [0.3, 0.4) is 0 Å². The second-order valence-corrected chi connectivity index (χ2v) is 7.87. The fourth-order valence-corrected chi connectivity index (χ4v) is 4.32. The smallest absolute Gasteiger partial charge is 0.234 e. The number of nitrogens with one attached hydrogen (secondary N) is 1. The first-order valence-electron chi connectivity index (χ1n) is 9.92. The maximum atomic E-state index is 12.5. The van der Waals surface area contributed by atoms with Gasteiger partial charge in [0.2, 0.25) is 5.91 Å². The number of carbonyl (C=O) groups is 1. The van der Waals surface area contributed by atoms with E-state index in [1.165, 1.54) is 49.9 Å². The van der Waals surface area contributed by atoms with E-state index in [1.54, 1.807) is 0 Å². The second kappa shape index (κ2) is 8.81. The fraction of sp³-hybridized carbons (Fsp3) is 0.667. The van der Waals surface area contributed by atoms with Gasteiger partial charge in [-0.15, -0.1) is 0 Å². The van der Waals surface area contributed by atoms with Crippen LogP contribution in [0.2, 0.25) is 0 Å². The van der Waals surface area contributed by atoms with Gasteiger partial charge in [0.1, 0.15) is 0 Å². The number of likely N-dealkylation sites (tertiary alicyclic amines) is 2. The van der Waals surface area contributed by atoms with Gasteiger partial charge in [-0.2, -0.15) is 0 Å². The minimum absolute atomic E-state index is 0.170. The summed E-state index contributed by atoms with van der Waals surface area (Å²) in [6.45, 7) is 9.39. The molecule has 2 fully saturated rings. The van der Waals surface area contributed by atoms with Crippen LogP contribution in [0.4, 0.5) is 0 Å². The molecule has 0 aromatic heterocycles. The molecule has 138 valence electrons. The number of hydrogen-bond acceptors (Lipinski definition) is 3. The van der Waals surface area contributed by atoms with Crippen molar-refractivity contribution < 1.29 is 4.79 Å². The van der Waals surface area contributed by atoms with E-state index in [0.717, 1.165) is 19.5 Å². The van der Waals surface area contributed by atoms with Gasteiger partial charge in [-0.1, -0.05) is 24.3 Å². The lowest BCUT2D eigenvalue weighted by molar-refractivity contribution is -0.123. The van der Waals surface area contributed by atoms with Crippen LogP contribution in [0.5, 0.6) is 0 Å². The topological polar surface area (TPSA) is 35.6 Å². The summed E-state index contributed by atoms with van der Waals surface area (Å²) in [7, 11) is 0. The normalized spacial score (nSPS) is 23.5. The molecule has 2 atom stereocenters. The highest BCUT2D eigenvalue weighted by atomic mass is 16.2. The average Bonchev–Trinajstić information content (AvgIpc) is 3.11. The van der Waals surface area contributed by atoms with E-state index in [4.69, 9.17) is 0 Å². The molecule has 0 bridgehead atoms. The molecular formula is C21H33N3O. The highest BCUT2D eigenvalue weighted by molar-refractivity contribution is 5.78. The molecule has 2 aliphatic rings. The number of amides is 1. The lowest BCUT2D eigenvalue weighted by Crippen LogP contribution is -2.50. The monoisotopic (exact) mass is 343 g/mol. The van der Waals surface area contributed by atoms with Gasteiger partial charge in [-0.25, -0.2) is 0 Å². The van der Waals surface area contributed by atoms with Gasteiger partial charge in [0.15, 0.2) is 0 Å². The van der Waals surface area contributed by atoms with Crippen molar-refractivity contribution in [3.8, 4) is 0 Å². The highest BCUT2D eigenvalue weighted by Gasteiger charge is 2.27. The molecule has 2 aliphatic heterocycles. The highest BCUT2D eigenvalue weighted by Crippen LogP contribution is 2.20. The Bertz CT molecular complexity index is 568.